The van der Waals surface area contributed by atoms with Crippen molar-refractivity contribution in [3.8, 4) is 5.75 Å². The van der Waals surface area contributed by atoms with Gasteiger partial charge in [0, 0.05) is 25.2 Å². The molecule has 1 fully saturated rings. The van der Waals surface area contributed by atoms with Crippen molar-refractivity contribution in [2.24, 2.45) is 0 Å². The Balaban J connectivity index is 2.24. The highest BCUT2D eigenvalue weighted by molar-refractivity contribution is 7.88. The van der Waals surface area contributed by atoms with Gasteiger partial charge in [-0.15, -0.1) is 0 Å². The summed E-state index contributed by atoms with van der Waals surface area (Å²) in [5, 5.41) is 9.32. The fourth-order valence-electron chi connectivity index (χ4n) is 2.87. The fraction of sp³-hybridized carbons (Fsp3) is 0.600. The van der Waals surface area contributed by atoms with Gasteiger partial charge in [-0.25, -0.2) is 18.0 Å². The highest BCUT2D eigenvalue weighted by atomic mass is 32.2. The Kier molecular flexibility index (Phi) is 8.27. The number of carbonyl (C=O) groups excluding carboxylic acids is 1. The molecule has 1 saturated heterocycles. The van der Waals surface area contributed by atoms with Crippen molar-refractivity contribution in [2.45, 2.75) is 32.9 Å². The Labute approximate surface area is 182 Å². The smallest absolute Gasteiger partial charge is 0.424 e. The van der Waals surface area contributed by atoms with E-state index < -0.39 is 34.2 Å². The Hall–Kier alpha value is -2.37. The van der Waals surface area contributed by atoms with Crippen LogP contribution in [0.3, 0.4) is 0 Å². The number of sulfonamides is 1. The molecule has 1 aliphatic heterocycles. The summed E-state index contributed by atoms with van der Waals surface area (Å²) in [4.78, 5) is 26.1. The lowest BCUT2D eigenvalue weighted by atomic mass is 10.1. The molecule has 1 heterocycles. The molecule has 0 unspecified atom stereocenters. The first-order valence-electron chi connectivity index (χ1n) is 9.86. The molecule has 10 nitrogen and oxygen atoms in total. The summed E-state index contributed by atoms with van der Waals surface area (Å²) in [7, 11) is -3.99. The highest BCUT2D eigenvalue weighted by Crippen LogP contribution is 2.24. The lowest BCUT2D eigenvalue weighted by Crippen LogP contribution is -2.40. The Bertz CT molecular complexity index is 889. The van der Waals surface area contributed by atoms with E-state index in [1.165, 1.54) is 18.2 Å². The van der Waals surface area contributed by atoms with Gasteiger partial charge in [0.25, 0.3) is 0 Å². The van der Waals surface area contributed by atoms with Crippen LogP contribution in [-0.4, -0.2) is 86.1 Å². The van der Waals surface area contributed by atoms with Crippen LogP contribution in [0.1, 0.15) is 36.7 Å². The number of carbonyl (C=O) groups is 2. The monoisotopic (exact) mass is 458 g/mol. The molecule has 11 heteroatoms. The number of hydrogen-bond donors (Lipinski definition) is 1. The summed E-state index contributed by atoms with van der Waals surface area (Å²) < 4.78 is 41.4. The van der Waals surface area contributed by atoms with Crippen molar-refractivity contribution in [1.82, 2.24) is 9.21 Å². The van der Waals surface area contributed by atoms with E-state index in [9.17, 15) is 23.1 Å². The van der Waals surface area contributed by atoms with Crippen LogP contribution in [0.25, 0.3) is 0 Å². The molecule has 31 heavy (non-hydrogen) atoms. The molecule has 2 rings (SSSR count). The largest absolute Gasteiger partial charge is 0.492 e. The quantitative estimate of drug-likeness (QED) is 0.621. The summed E-state index contributed by atoms with van der Waals surface area (Å²) in [5.74, 6) is -0.875. The molecular weight excluding hydrogens is 428 g/mol. The first-order valence-corrected chi connectivity index (χ1v) is 11.7. The second-order valence-electron chi connectivity index (χ2n) is 8.18. The van der Waals surface area contributed by atoms with Crippen LogP contribution in [0.4, 0.5) is 4.79 Å². The van der Waals surface area contributed by atoms with Crippen molar-refractivity contribution < 1.29 is 37.3 Å². The van der Waals surface area contributed by atoms with Gasteiger partial charge in [0.1, 0.15) is 18.0 Å². The van der Waals surface area contributed by atoms with Crippen LogP contribution in [0.2, 0.25) is 0 Å². The summed E-state index contributed by atoms with van der Waals surface area (Å²) in [6.07, 6.45) is -0.160. The van der Waals surface area contributed by atoms with E-state index in [2.05, 4.69) is 4.90 Å². The summed E-state index contributed by atoms with van der Waals surface area (Å²) in [6.45, 7) is 8.26. The first kappa shape index (κ1) is 24.9. The van der Waals surface area contributed by atoms with Crippen LogP contribution < -0.4 is 4.74 Å². The number of hydrogen-bond acceptors (Lipinski definition) is 8. The minimum Gasteiger partial charge on any atom is -0.492 e. The number of amides is 1. The predicted octanol–water partition coefficient (Wildman–Crippen LogP) is 1.79. The van der Waals surface area contributed by atoms with Gasteiger partial charge in [-0.05, 0) is 39.0 Å². The maximum Gasteiger partial charge on any atom is 0.424 e. The molecule has 0 saturated carbocycles. The van der Waals surface area contributed by atoms with Crippen LogP contribution >= 0.6 is 0 Å². The van der Waals surface area contributed by atoms with E-state index in [1.807, 2.05) is 0 Å². The number of carboxylic acids is 1. The zero-order chi connectivity index (χ0) is 23.2. The molecule has 174 valence electrons. The standard InChI is InChI=1S/C20H30N2O8S/c1-20(2,3)30-19(25)22(31(4,26)27)14-16-13-15(18(23)24)5-6-17(16)29-12-9-21-7-10-28-11-8-21/h5-6,13H,7-12,14H2,1-4H3,(H,23,24). The molecule has 1 aromatic carbocycles. The molecule has 0 spiro atoms. The van der Waals surface area contributed by atoms with Gasteiger partial charge >= 0.3 is 12.1 Å². The number of ether oxygens (including phenoxy) is 3. The maximum atomic E-state index is 12.5. The summed E-state index contributed by atoms with van der Waals surface area (Å²) >= 11 is 0. The third-order valence-electron chi connectivity index (χ3n) is 4.39. The molecule has 0 aromatic heterocycles. The Morgan fingerprint density at radius 1 is 1.23 bits per heavy atom. The average Bonchev–Trinajstić information content (AvgIpc) is 2.65. The number of rotatable bonds is 8. The third-order valence-corrected chi connectivity index (χ3v) is 5.47. The van der Waals surface area contributed by atoms with E-state index in [0.717, 1.165) is 19.3 Å². The second-order valence-corrected chi connectivity index (χ2v) is 10.1. The molecule has 1 aromatic rings. The van der Waals surface area contributed by atoms with Crippen molar-refractivity contribution in [2.75, 3.05) is 45.7 Å². The Morgan fingerprint density at radius 2 is 1.87 bits per heavy atom. The van der Waals surface area contributed by atoms with Gasteiger partial charge in [0.05, 0.1) is 31.6 Å². The van der Waals surface area contributed by atoms with Gasteiger partial charge in [0.15, 0.2) is 0 Å². The van der Waals surface area contributed by atoms with E-state index in [4.69, 9.17) is 14.2 Å². The van der Waals surface area contributed by atoms with Crippen molar-refractivity contribution in [1.29, 1.82) is 0 Å². The number of morpholine rings is 1. The van der Waals surface area contributed by atoms with Crippen LogP contribution in [-0.2, 0) is 26.0 Å². The van der Waals surface area contributed by atoms with Gasteiger partial charge in [-0.3, -0.25) is 4.90 Å². The van der Waals surface area contributed by atoms with Crippen molar-refractivity contribution in [3.05, 3.63) is 29.3 Å². The van der Waals surface area contributed by atoms with E-state index >= 15 is 0 Å². The van der Waals surface area contributed by atoms with Gasteiger partial charge < -0.3 is 19.3 Å². The first-order chi connectivity index (χ1) is 14.4. The minimum absolute atomic E-state index is 0.0480. The van der Waals surface area contributed by atoms with E-state index in [0.29, 0.717) is 36.4 Å². The molecule has 0 atom stereocenters. The number of benzene rings is 1. The second kappa shape index (κ2) is 10.3. The lowest BCUT2D eigenvalue weighted by Gasteiger charge is -2.27. The van der Waals surface area contributed by atoms with Gasteiger partial charge in [-0.1, -0.05) is 0 Å². The van der Waals surface area contributed by atoms with Crippen LogP contribution in [0.5, 0.6) is 5.75 Å². The van der Waals surface area contributed by atoms with Crippen LogP contribution in [0, 0.1) is 0 Å². The third kappa shape index (κ3) is 8.00. The topological polar surface area (TPSA) is 123 Å². The van der Waals surface area contributed by atoms with Crippen LogP contribution in [0.15, 0.2) is 18.2 Å². The van der Waals surface area contributed by atoms with E-state index in [-0.39, 0.29) is 11.1 Å². The number of carboxylic acid groups (broad SMARTS) is 1. The van der Waals surface area contributed by atoms with Gasteiger partial charge in [-0.2, -0.15) is 4.31 Å². The minimum atomic E-state index is -3.99. The Morgan fingerprint density at radius 3 is 2.42 bits per heavy atom. The maximum absolute atomic E-state index is 12.5. The SMILES string of the molecule is CC(C)(C)OC(=O)N(Cc1cc(C(=O)O)ccc1OCCN1CCOCC1)S(C)(=O)=O. The normalized spacial score (nSPS) is 15.4. The zero-order valence-corrected chi connectivity index (χ0v) is 19.1. The molecule has 0 aliphatic carbocycles. The highest BCUT2D eigenvalue weighted by Gasteiger charge is 2.30. The molecule has 1 N–H and O–H groups in total. The number of aromatic carboxylic acids is 1. The van der Waals surface area contributed by atoms with Crippen molar-refractivity contribution >= 4 is 22.1 Å². The fourth-order valence-corrected chi connectivity index (χ4v) is 3.55. The lowest BCUT2D eigenvalue weighted by molar-refractivity contribution is 0.0321. The van der Waals surface area contributed by atoms with Gasteiger partial charge in [0.2, 0.25) is 10.0 Å². The van der Waals surface area contributed by atoms with E-state index in [1.54, 1.807) is 20.8 Å². The molecule has 1 amide bonds. The predicted molar refractivity (Wildman–Crippen MR) is 113 cm³/mol. The summed E-state index contributed by atoms with van der Waals surface area (Å²) in [5.41, 5.74) is -0.702. The van der Waals surface area contributed by atoms with Crippen molar-refractivity contribution in [3.63, 3.8) is 0 Å². The molecule has 1 aliphatic rings. The molecule has 0 bridgehead atoms. The average molecular weight is 459 g/mol. The number of nitrogens with zero attached hydrogens (tertiary/aromatic N) is 2. The summed E-state index contributed by atoms with van der Waals surface area (Å²) in [6, 6.07) is 4.14. The molecule has 0 radical (unpaired) electrons. The zero-order valence-electron chi connectivity index (χ0n) is 18.3. The molecular formula is C20H30N2O8S.